The summed E-state index contributed by atoms with van der Waals surface area (Å²) in [6.07, 6.45) is 6.53. The van der Waals surface area contributed by atoms with Gasteiger partial charge < -0.3 is 0 Å². The standard InChI is InChI=1S/C14H22/c1-9-5-6-13-8-10(2)11(3)12(4)14(13)7-9/h8-9,11-12H,5-7H2,1-4H3. The first-order chi connectivity index (χ1) is 6.59. The molecule has 0 saturated carbocycles. The van der Waals surface area contributed by atoms with Crippen molar-refractivity contribution in [1.29, 1.82) is 0 Å². The van der Waals surface area contributed by atoms with Crippen LogP contribution >= 0.6 is 0 Å². The van der Waals surface area contributed by atoms with E-state index in [0.29, 0.717) is 0 Å². The summed E-state index contributed by atoms with van der Waals surface area (Å²) in [6, 6.07) is 0. The van der Waals surface area contributed by atoms with E-state index in [1.54, 1.807) is 16.7 Å². The maximum atomic E-state index is 2.46. The minimum Gasteiger partial charge on any atom is -0.0696 e. The molecule has 0 heterocycles. The second-order valence-electron chi connectivity index (χ2n) is 5.36. The van der Waals surface area contributed by atoms with Crippen LogP contribution in [0.1, 0.15) is 47.0 Å². The van der Waals surface area contributed by atoms with Gasteiger partial charge in [0.1, 0.15) is 0 Å². The number of hydrogen-bond donors (Lipinski definition) is 0. The zero-order valence-corrected chi connectivity index (χ0v) is 9.93. The second-order valence-corrected chi connectivity index (χ2v) is 5.36. The highest BCUT2D eigenvalue weighted by molar-refractivity contribution is 5.37. The van der Waals surface area contributed by atoms with Crippen molar-refractivity contribution in [3.05, 3.63) is 22.8 Å². The lowest BCUT2D eigenvalue weighted by atomic mass is 9.70. The minimum absolute atomic E-state index is 0.763. The molecule has 0 radical (unpaired) electrons. The Bertz CT molecular complexity index is 293. The van der Waals surface area contributed by atoms with Gasteiger partial charge in [-0.15, -0.1) is 0 Å². The second kappa shape index (κ2) is 3.56. The largest absolute Gasteiger partial charge is 0.0696 e. The fraction of sp³-hybridized carbons (Fsp3) is 0.714. The maximum Gasteiger partial charge on any atom is -0.0163 e. The Labute approximate surface area is 88.1 Å². The smallest absolute Gasteiger partial charge is 0.0163 e. The Morgan fingerprint density at radius 2 is 1.86 bits per heavy atom. The van der Waals surface area contributed by atoms with Crippen molar-refractivity contribution in [1.82, 2.24) is 0 Å². The molecule has 0 fully saturated rings. The van der Waals surface area contributed by atoms with Crippen LogP contribution in [-0.4, -0.2) is 0 Å². The zero-order chi connectivity index (χ0) is 10.3. The molecular weight excluding hydrogens is 168 g/mol. The van der Waals surface area contributed by atoms with E-state index in [4.69, 9.17) is 0 Å². The molecule has 0 spiro atoms. The number of hydrogen-bond acceptors (Lipinski definition) is 0. The van der Waals surface area contributed by atoms with Crippen LogP contribution < -0.4 is 0 Å². The van der Waals surface area contributed by atoms with Gasteiger partial charge in [-0.3, -0.25) is 0 Å². The fourth-order valence-electron chi connectivity index (χ4n) is 2.92. The normalized spacial score (nSPS) is 38.0. The minimum atomic E-state index is 0.763. The van der Waals surface area contributed by atoms with E-state index in [1.165, 1.54) is 19.3 Å². The predicted octanol–water partition coefficient (Wildman–Crippen LogP) is 4.34. The van der Waals surface area contributed by atoms with Gasteiger partial charge >= 0.3 is 0 Å². The van der Waals surface area contributed by atoms with Crippen LogP contribution in [-0.2, 0) is 0 Å². The fourth-order valence-corrected chi connectivity index (χ4v) is 2.92. The molecule has 2 aliphatic carbocycles. The van der Waals surface area contributed by atoms with Gasteiger partial charge in [-0.05, 0) is 49.5 Å². The Morgan fingerprint density at radius 1 is 1.14 bits per heavy atom. The molecule has 2 rings (SSSR count). The van der Waals surface area contributed by atoms with Gasteiger partial charge in [-0.2, -0.15) is 0 Å². The summed E-state index contributed by atoms with van der Waals surface area (Å²) >= 11 is 0. The summed E-state index contributed by atoms with van der Waals surface area (Å²) in [6.45, 7) is 9.48. The summed E-state index contributed by atoms with van der Waals surface area (Å²) in [4.78, 5) is 0. The Kier molecular flexibility index (Phi) is 2.55. The van der Waals surface area contributed by atoms with Crippen molar-refractivity contribution >= 4 is 0 Å². The molecule has 2 aliphatic rings. The van der Waals surface area contributed by atoms with E-state index in [-0.39, 0.29) is 0 Å². The Balaban J connectivity index is 2.33. The molecule has 0 heteroatoms. The maximum absolute atomic E-state index is 2.46. The average molecular weight is 190 g/mol. The molecule has 0 N–H and O–H groups in total. The van der Waals surface area contributed by atoms with Gasteiger partial charge in [-0.1, -0.05) is 38.0 Å². The highest BCUT2D eigenvalue weighted by atomic mass is 14.3. The Morgan fingerprint density at radius 3 is 2.57 bits per heavy atom. The van der Waals surface area contributed by atoms with Crippen molar-refractivity contribution in [3.63, 3.8) is 0 Å². The lowest BCUT2D eigenvalue weighted by molar-refractivity contribution is 0.407. The van der Waals surface area contributed by atoms with E-state index in [1.807, 2.05) is 0 Å². The van der Waals surface area contributed by atoms with Crippen molar-refractivity contribution in [2.75, 3.05) is 0 Å². The van der Waals surface area contributed by atoms with E-state index >= 15 is 0 Å². The molecule has 78 valence electrons. The van der Waals surface area contributed by atoms with Crippen molar-refractivity contribution in [2.45, 2.75) is 47.0 Å². The third-order valence-electron chi connectivity index (χ3n) is 4.31. The van der Waals surface area contributed by atoms with Crippen molar-refractivity contribution in [3.8, 4) is 0 Å². The lowest BCUT2D eigenvalue weighted by Gasteiger charge is -2.35. The Hall–Kier alpha value is -0.520. The summed E-state index contributed by atoms with van der Waals surface area (Å²) in [5.41, 5.74) is 5.03. The molecule has 0 aromatic rings. The van der Waals surface area contributed by atoms with E-state index < -0.39 is 0 Å². The highest BCUT2D eigenvalue weighted by Gasteiger charge is 2.28. The van der Waals surface area contributed by atoms with Gasteiger partial charge in [0.15, 0.2) is 0 Å². The molecule has 3 atom stereocenters. The van der Waals surface area contributed by atoms with Crippen LogP contribution in [0.4, 0.5) is 0 Å². The average Bonchev–Trinajstić information content (AvgIpc) is 2.16. The quantitative estimate of drug-likeness (QED) is 0.533. The zero-order valence-electron chi connectivity index (χ0n) is 9.93. The summed E-state index contributed by atoms with van der Waals surface area (Å²) < 4.78 is 0. The first-order valence-corrected chi connectivity index (χ1v) is 5.99. The van der Waals surface area contributed by atoms with Gasteiger partial charge in [0.05, 0.1) is 0 Å². The van der Waals surface area contributed by atoms with Crippen LogP contribution in [0.5, 0.6) is 0 Å². The van der Waals surface area contributed by atoms with Gasteiger partial charge in [0, 0.05) is 0 Å². The third-order valence-corrected chi connectivity index (χ3v) is 4.31. The molecule has 0 saturated heterocycles. The first kappa shape index (κ1) is 10.0. The van der Waals surface area contributed by atoms with E-state index in [9.17, 15) is 0 Å². The molecule has 0 bridgehead atoms. The molecule has 0 aromatic carbocycles. The van der Waals surface area contributed by atoms with Crippen molar-refractivity contribution < 1.29 is 0 Å². The van der Waals surface area contributed by atoms with Gasteiger partial charge in [0.2, 0.25) is 0 Å². The van der Waals surface area contributed by atoms with Crippen molar-refractivity contribution in [2.24, 2.45) is 17.8 Å². The molecule has 0 aromatic heterocycles. The van der Waals surface area contributed by atoms with Crippen LogP contribution in [0.25, 0.3) is 0 Å². The number of rotatable bonds is 0. The van der Waals surface area contributed by atoms with Gasteiger partial charge in [0.25, 0.3) is 0 Å². The van der Waals surface area contributed by atoms with E-state index in [0.717, 1.165) is 17.8 Å². The van der Waals surface area contributed by atoms with E-state index in [2.05, 4.69) is 33.8 Å². The SMILES string of the molecule is CC1=CC2=C(CC(C)CC2)C(C)C1C. The summed E-state index contributed by atoms with van der Waals surface area (Å²) in [5.74, 6) is 2.46. The number of allylic oxidation sites excluding steroid dienone is 4. The van der Waals surface area contributed by atoms with Crippen LogP contribution in [0.15, 0.2) is 22.8 Å². The topological polar surface area (TPSA) is 0 Å². The summed E-state index contributed by atoms with van der Waals surface area (Å²) in [5, 5.41) is 0. The molecule has 3 unspecified atom stereocenters. The molecule has 0 nitrogen and oxygen atoms in total. The predicted molar refractivity (Wildman–Crippen MR) is 62.1 cm³/mol. The van der Waals surface area contributed by atoms with Crippen LogP contribution in [0, 0.1) is 17.8 Å². The monoisotopic (exact) mass is 190 g/mol. The third kappa shape index (κ3) is 1.55. The highest BCUT2D eigenvalue weighted by Crippen LogP contribution is 2.42. The lowest BCUT2D eigenvalue weighted by Crippen LogP contribution is -2.22. The first-order valence-electron chi connectivity index (χ1n) is 5.99. The molecule has 0 amide bonds. The van der Waals surface area contributed by atoms with Gasteiger partial charge in [-0.25, -0.2) is 0 Å². The molecular formula is C14H22. The van der Waals surface area contributed by atoms with Crippen LogP contribution in [0.3, 0.4) is 0 Å². The molecule has 14 heavy (non-hydrogen) atoms. The molecule has 0 aliphatic heterocycles. The summed E-state index contributed by atoms with van der Waals surface area (Å²) in [7, 11) is 0. The van der Waals surface area contributed by atoms with Crippen LogP contribution in [0.2, 0.25) is 0 Å².